The largest absolute Gasteiger partial charge is 0.382 e. The average Bonchev–Trinajstić information content (AvgIpc) is 3.77. The number of hydrogen-bond acceptors (Lipinski definition) is 7. The molecule has 5 nitrogen and oxygen atoms in total. The lowest BCUT2D eigenvalue weighted by Crippen LogP contribution is -2.32. The van der Waals surface area contributed by atoms with Crippen LogP contribution >= 0.6 is 22.7 Å². The molecular formula is C36H53N5S2. The van der Waals surface area contributed by atoms with E-state index in [4.69, 9.17) is 5.73 Å². The summed E-state index contributed by atoms with van der Waals surface area (Å²) in [7, 11) is 0. The second kappa shape index (κ2) is 14.3. The maximum absolute atomic E-state index is 6.00. The highest BCUT2D eigenvalue weighted by Gasteiger charge is 2.25. The molecule has 0 unspecified atom stereocenters. The number of anilines is 2. The molecule has 234 valence electrons. The fraction of sp³-hybridized carbons (Fsp3) is 0.611. The highest BCUT2D eigenvalue weighted by molar-refractivity contribution is 7.19. The van der Waals surface area contributed by atoms with E-state index in [0.717, 1.165) is 18.8 Å². The van der Waals surface area contributed by atoms with Gasteiger partial charge in [0, 0.05) is 62.4 Å². The number of hydrogen-bond donors (Lipinski definition) is 3. The molecule has 0 bridgehead atoms. The number of nitrogens with two attached hydrogens (primary N) is 1. The van der Waals surface area contributed by atoms with E-state index in [1.165, 1.54) is 115 Å². The molecule has 7 heteroatoms. The van der Waals surface area contributed by atoms with Gasteiger partial charge in [0.1, 0.15) is 9.66 Å². The van der Waals surface area contributed by atoms with E-state index in [1.807, 2.05) is 35.1 Å². The molecule has 8 rings (SSSR count). The van der Waals surface area contributed by atoms with E-state index in [-0.39, 0.29) is 14.9 Å². The Labute approximate surface area is 267 Å². The van der Waals surface area contributed by atoms with E-state index >= 15 is 0 Å². The first-order chi connectivity index (χ1) is 20.2. The van der Waals surface area contributed by atoms with Crippen LogP contribution in [-0.4, -0.2) is 28.1 Å². The predicted molar refractivity (Wildman–Crippen MR) is 190 cm³/mol. The fourth-order valence-corrected chi connectivity index (χ4v) is 10.2. The zero-order chi connectivity index (χ0) is 27.8. The molecule has 4 heterocycles. The van der Waals surface area contributed by atoms with E-state index < -0.39 is 0 Å². The van der Waals surface area contributed by atoms with Crippen molar-refractivity contribution >= 4 is 54.5 Å². The molecule has 4 aromatic rings. The molecule has 0 aliphatic heterocycles. The third kappa shape index (κ3) is 6.74. The maximum atomic E-state index is 6.00. The number of rotatable bonds is 5. The number of nitrogens with one attached hydrogen (secondary N) is 2. The van der Waals surface area contributed by atoms with E-state index in [0.29, 0.717) is 18.1 Å². The highest BCUT2D eigenvalue weighted by atomic mass is 32.1. The van der Waals surface area contributed by atoms with E-state index in [9.17, 15) is 0 Å². The molecule has 2 fully saturated rings. The van der Waals surface area contributed by atoms with Crippen molar-refractivity contribution in [3.63, 3.8) is 0 Å². The Balaban J connectivity index is 0.000000164. The minimum absolute atomic E-state index is 0. The van der Waals surface area contributed by atoms with Crippen LogP contribution in [0.15, 0.2) is 24.5 Å². The van der Waals surface area contributed by atoms with Crippen LogP contribution in [0.1, 0.15) is 113 Å². The number of aromatic nitrogens is 2. The summed E-state index contributed by atoms with van der Waals surface area (Å²) in [4.78, 5) is 14.8. The fourth-order valence-electron chi connectivity index (χ4n) is 7.70. The minimum Gasteiger partial charge on any atom is -0.382 e. The molecule has 0 saturated heterocycles. The molecule has 0 amide bonds. The lowest BCUT2D eigenvalue weighted by Gasteiger charge is -2.29. The van der Waals surface area contributed by atoms with Crippen molar-refractivity contribution in [3.8, 4) is 0 Å². The normalized spacial score (nSPS) is 24.3. The summed E-state index contributed by atoms with van der Waals surface area (Å²) in [5.41, 5.74) is 11.8. The van der Waals surface area contributed by atoms with Crippen LogP contribution < -0.4 is 16.4 Å². The lowest BCUT2D eigenvalue weighted by atomic mass is 9.84. The van der Waals surface area contributed by atoms with Crippen molar-refractivity contribution in [2.45, 2.75) is 136 Å². The van der Waals surface area contributed by atoms with Crippen molar-refractivity contribution in [3.05, 3.63) is 45.4 Å². The average molecular weight is 620 g/mol. The van der Waals surface area contributed by atoms with Crippen LogP contribution in [0.5, 0.6) is 0 Å². The van der Waals surface area contributed by atoms with Gasteiger partial charge in [0.2, 0.25) is 0 Å². The van der Waals surface area contributed by atoms with Crippen molar-refractivity contribution in [2.24, 2.45) is 11.7 Å². The quantitative estimate of drug-likeness (QED) is 0.207. The van der Waals surface area contributed by atoms with Crippen LogP contribution in [0.4, 0.5) is 11.4 Å². The molecule has 4 N–H and O–H groups in total. The van der Waals surface area contributed by atoms with Gasteiger partial charge in [0.15, 0.2) is 0 Å². The molecule has 0 spiro atoms. The third-order valence-electron chi connectivity index (χ3n) is 10.1. The van der Waals surface area contributed by atoms with Crippen LogP contribution in [0.3, 0.4) is 0 Å². The SMILES string of the molecule is C.C.CCC1CCC(Nc2ccnc3sc4c(c23)CCC4)CC1.NC1CCC(Nc2ccnc3sc4c(c23)CCC4)CC1. The van der Waals surface area contributed by atoms with E-state index in [2.05, 4.69) is 39.7 Å². The molecule has 4 aliphatic rings. The second-order valence-electron chi connectivity index (χ2n) is 12.8. The lowest BCUT2D eigenvalue weighted by molar-refractivity contribution is 0.330. The zero-order valence-electron chi connectivity index (χ0n) is 24.5. The third-order valence-corrected chi connectivity index (χ3v) is 12.5. The number of aryl methyl sites for hydroxylation is 4. The van der Waals surface area contributed by atoms with Gasteiger partial charge in [-0.05, 0) is 119 Å². The van der Waals surface area contributed by atoms with Crippen LogP contribution in [0.2, 0.25) is 0 Å². The van der Waals surface area contributed by atoms with Gasteiger partial charge >= 0.3 is 0 Å². The standard InChI is InChI=1S/C18H24N2S.C16H21N3S.2CH4/c1-2-12-6-8-13(9-7-12)20-15-10-11-19-18-17(15)14-4-3-5-16(14)21-18;17-10-4-6-11(7-5-10)19-13-8-9-18-16-15(13)12-2-1-3-14(12)20-16;;/h10-13H,2-9H2,1H3,(H,19,20);8-11H,1-7,17H2,(H,18,19);2*1H4. The zero-order valence-corrected chi connectivity index (χ0v) is 26.1. The van der Waals surface area contributed by atoms with E-state index in [1.54, 1.807) is 20.9 Å². The number of nitrogens with zero attached hydrogens (tertiary/aromatic N) is 2. The van der Waals surface area contributed by atoms with Crippen molar-refractivity contribution in [1.82, 2.24) is 9.97 Å². The highest BCUT2D eigenvalue weighted by Crippen LogP contribution is 2.42. The van der Waals surface area contributed by atoms with Crippen molar-refractivity contribution in [2.75, 3.05) is 10.6 Å². The summed E-state index contributed by atoms with van der Waals surface area (Å²) in [5, 5.41) is 10.5. The molecule has 43 heavy (non-hydrogen) atoms. The molecule has 4 aliphatic carbocycles. The Bertz CT molecular complexity index is 1490. The number of fused-ring (bicyclic) bond motifs is 6. The molecule has 0 aromatic carbocycles. The van der Waals surface area contributed by atoms with Crippen LogP contribution in [0, 0.1) is 5.92 Å². The van der Waals surface area contributed by atoms with Gasteiger partial charge in [0.25, 0.3) is 0 Å². The smallest absolute Gasteiger partial charge is 0.125 e. The summed E-state index contributed by atoms with van der Waals surface area (Å²) < 4.78 is 0. The second-order valence-corrected chi connectivity index (χ2v) is 15.0. The Kier molecular flexibility index (Phi) is 10.7. The van der Waals surface area contributed by atoms with Crippen molar-refractivity contribution < 1.29 is 0 Å². The Hall–Kier alpha value is -2.22. The first kappa shape index (κ1) is 32.2. The van der Waals surface area contributed by atoms with Gasteiger partial charge in [-0.25, -0.2) is 9.97 Å². The molecule has 0 radical (unpaired) electrons. The number of thiophene rings is 2. The molecular weight excluding hydrogens is 567 g/mol. The molecule has 2 saturated carbocycles. The topological polar surface area (TPSA) is 75.9 Å². The monoisotopic (exact) mass is 619 g/mol. The Morgan fingerprint density at radius 3 is 1.63 bits per heavy atom. The summed E-state index contributed by atoms with van der Waals surface area (Å²) in [6.07, 6.45) is 23.0. The minimum atomic E-state index is 0. The predicted octanol–water partition coefficient (Wildman–Crippen LogP) is 9.90. The van der Waals surface area contributed by atoms with Gasteiger partial charge in [-0.2, -0.15) is 0 Å². The summed E-state index contributed by atoms with van der Waals surface area (Å²) in [6, 6.07) is 6.01. The maximum Gasteiger partial charge on any atom is 0.125 e. The van der Waals surface area contributed by atoms with Crippen molar-refractivity contribution in [1.29, 1.82) is 0 Å². The van der Waals surface area contributed by atoms with Crippen LogP contribution in [0.25, 0.3) is 20.4 Å². The van der Waals surface area contributed by atoms with Crippen LogP contribution in [-0.2, 0) is 25.7 Å². The van der Waals surface area contributed by atoms with Gasteiger partial charge in [-0.15, -0.1) is 22.7 Å². The first-order valence-electron chi connectivity index (χ1n) is 16.2. The van der Waals surface area contributed by atoms with Gasteiger partial charge in [-0.3, -0.25) is 0 Å². The Morgan fingerprint density at radius 2 is 1.16 bits per heavy atom. The van der Waals surface area contributed by atoms with Gasteiger partial charge in [-0.1, -0.05) is 28.2 Å². The first-order valence-corrected chi connectivity index (χ1v) is 17.9. The summed E-state index contributed by atoms with van der Waals surface area (Å²) in [6.45, 7) is 2.33. The number of pyridine rings is 2. The summed E-state index contributed by atoms with van der Waals surface area (Å²) in [5.74, 6) is 0.964. The summed E-state index contributed by atoms with van der Waals surface area (Å²) >= 11 is 3.81. The Morgan fingerprint density at radius 1 is 0.698 bits per heavy atom. The van der Waals surface area contributed by atoms with Gasteiger partial charge < -0.3 is 16.4 Å². The molecule has 0 atom stereocenters. The van der Waals surface area contributed by atoms with Gasteiger partial charge in [0.05, 0.1) is 0 Å². The molecule has 4 aromatic heterocycles.